The summed E-state index contributed by atoms with van der Waals surface area (Å²) in [5, 5.41) is 3.17. The number of rotatable bonds is 5. The number of alkyl carbamates (subject to hydrolysis) is 1. The first-order valence-electron chi connectivity index (χ1n) is 11.6. The first-order chi connectivity index (χ1) is 17.3. The second kappa shape index (κ2) is 10.8. The average molecular weight is 585 g/mol. The molecule has 1 N–H and O–H groups in total. The summed E-state index contributed by atoms with van der Waals surface area (Å²) in [6, 6.07) is 12.8. The van der Waals surface area contributed by atoms with Gasteiger partial charge in [0.25, 0.3) is 5.91 Å². The molecule has 0 radical (unpaired) electrons. The molecule has 0 saturated carbocycles. The quantitative estimate of drug-likeness (QED) is 0.542. The van der Waals surface area contributed by atoms with Crippen molar-refractivity contribution < 1.29 is 22.7 Å². The fourth-order valence-corrected chi connectivity index (χ4v) is 8.50. The van der Waals surface area contributed by atoms with E-state index in [9.17, 15) is 18.0 Å². The lowest BCUT2D eigenvalue weighted by molar-refractivity contribution is -0.119. The number of thioether (sulfide) groups is 1. The summed E-state index contributed by atoms with van der Waals surface area (Å²) in [7, 11) is -3.26. The van der Waals surface area contributed by atoms with Crippen LogP contribution in [-0.4, -0.2) is 60.0 Å². The Morgan fingerprint density at radius 2 is 1.84 bits per heavy atom. The molecule has 2 saturated heterocycles. The van der Waals surface area contributed by atoms with Crippen LogP contribution in [0, 0.1) is 0 Å². The van der Waals surface area contributed by atoms with Crippen LogP contribution in [0.25, 0.3) is 0 Å². The maximum absolute atomic E-state index is 13.5. The predicted octanol–water partition coefficient (Wildman–Crippen LogP) is 4.73. The summed E-state index contributed by atoms with van der Waals surface area (Å²) in [5.41, 5.74) is 0.548. The summed E-state index contributed by atoms with van der Waals surface area (Å²) in [4.78, 5) is 32.1. The highest BCUT2D eigenvalue weighted by Crippen LogP contribution is 2.44. The molecule has 2 heterocycles. The molecule has 0 unspecified atom stereocenters. The lowest BCUT2D eigenvalue weighted by Crippen LogP contribution is -2.45. The Kier molecular flexibility index (Phi) is 8.13. The summed E-state index contributed by atoms with van der Waals surface area (Å²) in [6.45, 7) is 5.19. The Morgan fingerprint density at radius 1 is 1.14 bits per heavy atom. The van der Waals surface area contributed by atoms with Crippen molar-refractivity contribution in [1.29, 1.82) is 0 Å². The van der Waals surface area contributed by atoms with E-state index in [0.29, 0.717) is 15.9 Å². The van der Waals surface area contributed by atoms with Crippen LogP contribution < -0.4 is 10.2 Å². The third-order valence-electron chi connectivity index (χ3n) is 5.73. The first-order valence-corrected chi connectivity index (χ1v) is 15.0. The van der Waals surface area contributed by atoms with Gasteiger partial charge in [-0.2, -0.15) is 4.99 Å². The monoisotopic (exact) mass is 583 g/mol. The second-order valence-corrected chi connectivity index (χ2v) is 14.0. The van der Waals surface area contributed by atoms with Crippen molar-refractivity contribution in [3.05, 3.63) is 64.1 Å². The van der Waals surface area contributed by atoms with Crippen molar-refractivity contribution in [2.75, 3.05) is 16.4 Å². The SMILES string of the molecule is CC(C)(C)OC(=O)N[C@H](Cc1ccccc1)C(=O)N=C1S[C@H]2CS(=O)(=O)C[C@H]2N1c1cccc(Cl)c1Cl. The van der Waals surface area contributed by atoms with E-state index in [2.05, 4.69) is 10.3 Å². The molecule has 0 spiro atoms. The molecule has 2 fully saturated rings. The standard InChI is InChI=1S/C25H27Cl2N3O5S2/c1-25(2,3)35-24(32)28-17(12-15-8-5-4-6-9-15)22(31)29-23-30(18-11-7-10-16(26)21(18)27)19-13-37(33,34)14-20(19)36-23/h4-11,17,19-20H,12-14H2,1-3H3,(H,28,32)/t17-,19-,20+/m1/s1. The van der Waals surface area contributed by atoms with Gasteiger partial charge in [-0.25, -0.2) is 13.2 Å². The highest BCUT2D eigenvalue weighted by molar-refractivity contribution is 8.16. The van der Waals surface area contributed by atoms with Crippen molar-refractivity contribution >= 4 is 67.7 Å². The lowest BCUT2D eigenvalue weighted by Gasteiger charge is -2.26. The number of amides is 2. The number of benzene rings is 2. The minimum atomic E-state index is -3.26. The Morgan fingerprint density at radius 3 is 2.51 bits per heavy atom. The number of nitrogens with one attached hydrogen (secondary N) is 1. The van der Waals surface area contributed by atoms with Gasteiger partial charge in [0.2, 0.25) is 0 Å². The van der Waals surface area contributed by atoms with Crippen molar-refractivity contribution in [2.24, 2.45) is 4.99 Å². The lowest BCUT2D eigenvalue weighted by atomic mass is 10.1. The van der Waals surface area contributed by atoms with E-state index in [4.69, 9.17) is 27.9 Å². The smallest absolute Gasteiger partial charge is 0.408 e. The number of carbonyl (C=O) groups is 2. The normalized spacial score (nSPS) is 22.5. The van der Waals surface area contributed by atoms with Crippen LogP contribution in [0.4, 0.5) is 10.5 Å². The Labute approximate surface area is 230 Å². The summed E-state index contributed by atoms with van der Waals surface area (Å²) in [6.07, 6.45) is -0.543. The van der Waals surface area contributed by atoms with E-state index in [1.807, 2.05) is 30.3 Å². The third-order valence-corrected chi connectivity index (χ3v) is 9.75. The molecule has 2 aliphatic heterocycles. The van der Waals surface area contributed by atoms with E-state index in [1.165, 1.54) is 11.8 Å². The van der Waals surface area contributed by atoms with Crippen molar-refractivity contribution in [3.8, 4) is 0 Å². The molecule has 12 heteroatoms. The molecule has 0 aliphatic carbocycles. The molecule has 198 valence electrons. The fraction of sp³-hybridized carbons (Fsp3) is 0.400. The number of hydrogen-bond acceptors (Lipinski definition) is 6. The number of aliphatic imine (C=N–C) groups is 1. The highest BCUT2D eigenvalue weighted by Gasteiger charge is 2.50. The van der Waals surface area contributed by atoms with Crippen molar-refractivity contribution in [2.45, 2.75) is 50.1 Å². The number of ether oxygens (including phenoxy) is 1. The molecule has 0 bridgehead atoms. The highest BCUT2D eigenvalue weighted by atomic mass is 35.5. The second-order valence-electron chi connectivity index (χ2n) is 9.86. The first kappa shape index (κ1) is 27.8. The van der Waals surface area contributed by atoms with Crippen LogP contribution in [0.3, 0.4) is 0 Å². The van der Waals surface area contributed by atoms with Gasteiger partial charge in [-0.05, 0) is 38.5 Å². The van der Waals surface area contributed by atoms with Crippen LogP contribution in [0.2, 0.25) is 10.0 Å². The van der Waals surface area contributed by atoms with Gasteiger partial charge in [0.15, 0.2) is 15.0 Å². The topological polar surface area (TPSA) is 105 Å². The molecule has 37 heavy (non-hydrogen) atoms. The number of amidine groups is 1. The van der Waals surface area contributed by atoms with Crippen LogP contribution in [0.5, 0.6) is 0 Å². The third kappa shape index (κ3) is 6.79. The number of hydrogen-bond donors (Lipinski definition) is 1. The van der Waals surface area contributed by atoms with Crippen molar-refractivity contribution in [3.63, 3.8) is 0 Å². The van der Waals surface area contributed by atoms with Gasteiger partial charge in [-0.3, -0.25) is 4.79 Å². The van der Waals surface area contributed by atoms with Gasteiger partial charge in [0, 0.05) is 11.7 Å². The van der Waals surface area contributed by atoms with Gasteiger partial charge in [-0.1, -0.05) is 71.4 Å². The number of sulfone groups is 1. The zero-order valence-electron chi connectivity index (χ0n) is 20.5. The van der Waals surface area contributed by atoms with Gasteiger partial charge in [0.05, 0.1) is 33.3 Å². The predicted molar refractivity (Wildman–Crippen MR) is 149 cm³/mol. The summed E-state index contributed by atoms with van der Waals surface area (Å²) >= 11 is 13.9. The maximum atomic E-state index is 13.5. The van der Waals surface area contributed by atoms with E-state index < -0.39 is 39.5 Å². The van der Waals surface area contributed by atoms with Gasteiger partial charge in [0.1, 0.15) is 11.6 Å². The maximum Gasteiger partial charge on any atom is 0.408 e. The molecule has 2 aliphatic rings. The van der Waals surface area contributed by atoms with Crippen molar-refractivity contribution in [1.82, 2.24) is 5.32 Å². The molecule has 0 aromatic heterocycles. The number of fused-ring (bicyclic) bond motifs is 1. The number of carbonyl (C=O) groups excluding carboxylic acids is 2. The Balaban J connectivity index is 1.68. The Hall–Kier alpha value is -2.27. The number of nitrogens with zero attached hydrogens (tertiary/aromatic N) is 2. The zero-order valence-corrected chi connectivity index (χ0v) is 23.6. The number of halogens is 2. The molecular weight excluding hydrogens is 557 g/mol. The fourth-order valence-electron chi connectivity index (χ4n) is 4.20. The molecule has 3 atom stereocenters. The van der Waals surface area contributed by atoms with E-state index >= 15 is 0 Å². The molecule has 4 rings (SSSR count). The van der Waals surface area contributed by atoms with E-state index in [1.54, 1.807) is 43.9 Å². The average Bonchev–Trinajstić information content (AvgIpc) is 3.25. The minimum absolute atomic E-state index is 0.0339. The van der Waals surface area contributed by atoms with Crippen LogP contribution >= 0.6 is 35.0 Å². The largest absolute Gasteiger partial charge is 0.444 e. The summed E-state index contributed by atoms with van der Waals surface area (Å²) < 4.78 is 30.1. The molecule has 8 nitrogen and oxygen atoms in total. The van der Waals surface area contributed by atoms with E-state index in [-0.39, 0.29) is 28.2 Å². The molecular formula is C25H27Cl2N3O5S2. The summed E-state index contributed by atoms with van der Waals surface area (Å²) in [5.74, 6) is -0.721. The van der Waals surface area contributed by atoms with Crippen LogP contribution in [0.1, 0.15) is 26.3 Å². The molecule has 2 amide bonds. The van der Waals surface area contributed by atoms with Crippen LogP contribution in [-0.2, 0) is 25.8 Å². The van der Waals surface area contributed by atoms with Gasteiger partial charge >= 0.3 is 6.09 Å². The molecule has 2 aromatic carbocycles. The zero-order chi connectivity index (χ0) is 27.0. The molecule has 2 aromatic rings. The van der Waals surface area contributed by atoms with E-state index in [0.717, 1.165) is 5.56 Å². The van der Waals surface area contributed by atoms with Gasteiger partial charge < -0.3 is 15.0 Å². The van der Waals surface area contributed by atoms with Crippen LogP contribution in [0.15, 0.2) is 53.5 Å². The number of anilines is 1. The Bertz CT molecular complexity index is 1330. The minimum Gasteiger partial charge on any atom is -0.444 e. The van der Waals surface area contributed by atoms with Gasteiger partial charge in [-0.15, -0.1) is 0 Å².